The van der Waals surface area contributed by atoms with Gasteiger partial charge >= 0.3 is 11.9 Å². The van der Waals surface area contributed by atoms with E-state index in [4.69, 9.17) is 14.2 Å². The molecule has 3 aromatic rings. The molecule has 0 aliphatic carbocycles. The Balaban J connectivity index is 1.32. The molecule has 3 aromatic carbocycles. The predicted molar refractivity (Wildman–Crippen MR) is 128 cm³/mol. The largest absolute Gasteiger partial charge is 0.497 e. The number of methoxy groups -OCH3 is 1. The van der Waals surface area contributed by atoms with Gasteiger partial charge in [0.25, 0.3) is 17.5 Å². The molecule has 0 fully saturated rings. The first-order valence-electron chi connectivity index (χ1n) is 11.0. The third-order valence-electron chi connectivity index (χ3n) is 5.52. The molecule has 0 N–H and O–H groups in total. The average molecular weight is 518 g/mol. The zero-order valence-corrected chi connectivity index (χ0v) is 19.7. The van der Waals surface area contributed by atoms with Crippen LogP contribution >= 0.6 is 0 Å². The summed E-state index contributed by atoms with van der Waals surface area (Å²) >= 11 is 0. The number of amides is 2. The predicted octanol–water partition coefficient (Wildman–Crippen LogP) is 2.84. The van der Waals surface area contributed by atoms with Gasteiger partial charge in [0.05, 0.1) is 23.2 Å². The molecular formula is C26H18N2O10. The summed E-state index contributed by atoms with van der Waals surface area (Å²) in [6, 6.07) is 15.5. The fraction of sp³-hybridized carbons (Fsp3) is 0.115. The Morgan fingerprint density at radius 1 is 0.895 bits per heavy atom. The van der Waals surface area contributed by atoms with Gasteiger partial charge in [0, 0.05) is 11.6 Å². The molecule has 0 bridgehead atoms. The molecule has 0 radical (unpaired) electrons. The van der Waals surface area contributed by atoms with Gasteiger partial charge in [-0.15, -0.1) is 0 Å². The summed E-state index contributed by atoms with van der Waals surface area (Å²) in [5.74, 6) is -3.50. The van der Waals surface area contributed by atoms with E-state index in [2.05, 4.69) is 0 Å². The van der Waals surface area contributed by atoms with Crippen LogP contribution in [0.2, 0.25) is 0 Å². The van der Waals surface area contributed by atoms with Crippen molar-refractivity contribution in [1.29, 1.82) is 0 Å². The number of benzene rings is 3. The lowest BCUT2D eigenvalue weighted by atomic mass is 10.1. The first-order valence-corrected chi connectivity index (χ1v) is 11.0. The number of ether oxygens (including phenoxy) is 3. The van der Waals surface area contributed by atoms with Crippen LogP contribution in [0.15, 0.2) is 66.7 Å². The van der Waals surface area contributed by atoms with Crippen molar-refractivity contribution >= 4 is 35.2 Å². The lowest BCUT2D eigenvalue weighted by Crippen LogP contribution is -2.36. The Hall–Kier alpha value is -5.39. The highest BCUT2D eigenvalue weighted by molar-refractivity contribution is 6.24. The third kappa shape index (κ3) is 5.23. The molecule has 192 valence electrons. The first-order chi connectivity index (χ1) is 18.2. The quantitative estimate of drug-likeness (QED) is 0.103. The standard InChI is InChI=1S/C26H18N2O10/c1-36-18-5-2-4-16(12-18)26(33)38-17-10-8-15(9-11-17)21(29)14-37-22(30)13-27-24(31)19-6-3-7-20(28(34)35)23(19)25(27)32/h2-12H,13-14H2,1H3. The molecular weight excluding hydrogens is 500 g/mol. The number of Topliss-reactive ketones (excluding diaryl/α,β-unsaturated/α-hetero) is 1. The molecule has 0 unspecified atom stereocenters. The molecule has 1 aliphatic heterocycles. The number of hydrogen-bond donors (Lipinski definition) is 0. The van der Waals surface area contributed by atoms with Crippen molar-refractivity contribution in [1.82, 2.24) is 4.90 Å². The second kappa shape index (κ2) is 10.7. The van der Waals surface area contributed by atoms with E-state index in [0.29, 0.717) is 10.6 Å². The number of carbonyl (C=O) groups excluding carboxylic acids is 5. The van der Waals surface area contributed by atoms with Gasteiger partial charge in [-0.25, -0.2) is 4.79 Å². The van der Waals surface area contributed by atoms with E-state index >= 15 is 0 Å². The van der Waals surface area contributed by atoms with E-state index in [0.717, 1.165) is 6.07 Å². The maximum Gasteiger partial charge on any atom is 0.343 e. The minimum atomic E-state index is -1.06. The number of imide groups is 1. The molecule has 0 saturated carbocycles. The van der Waals surface area contributed by atoms with Crippen LogP contribution in [0, 0.1) is 10.1 Å². The van der Waals surface area contributed by atoms with Gasteiger partial charge in [0.1, 0.15) is 23.6 Å². The van der Waals surface area contributed by atoms with E-state index in [9.17, 15) is 34.1 Å². The summed E-state index contributed by atoms with van der Waals surface area (Å²) in [6.07, 6.45) is 0. The van der Waals surface area contributed by atoms with Crippen LogP contribution in [0.3, 0.4) is 0 Å². The zero-order valence-electron chi connectivity index (χ0n) is 19.7. The fourth-order valence-electron chi connectivity index (χ4n) is 3.64. The first kappa shape index (κ1) is 25.7. The highest BCUT2D eigenvalue weighted by Gasteiger charge is 2.42. The SMILES string of the molecule is COc1cccc(C(=O)Oc2ccc(C(=O)COC(=O)CN3C(=O)c4cccc([N+](=O)[O-])c4C3=O)cc2)c1. The van der Waals surface area contributed by atoms with E-state index in [1.165, 1.54) is 49.6 Å². The van der Waals surface area contributed by atoms with Crippen molar-refractivity contribution < 1.29 is 43.1 Å². The topological polar surface area (TPSA) is 159 Å². The Labute approximate surface area is 214 Å². The summed E-state index contributed by atoms with van der Waals surface area (Å²) in [6.45, 7) is -1.51. The molecule has 12 nitrogen and oxygen atoms in total. The Morgan fingerprint density at radius 2 is 1.61 bits per heavy atom. The zero-order chi connectivity index (χ0) is 27.4. The number of nitro benzene ring substituents is 1. The van der Waals surface area contributed by atoms with Crippen LogP contribution in [0.1, 0.15) is 41.4 Å². The van der Waals surface area contributed by atoms with Crippen LogP contribution in [0.5, 0.6) is 11.5 Å². The fourth-order valence-corrected chi connectivity index (χ4v) is 3.64. The maximum absolute atomic E-state index is 12.5. The van der Waals surface area contributed by atoms with E-state index in [-0.39, 0.29) is 22.4 Å². The minimum Gasteiger partial charge on any atom is -0.497 e. The Bertz CT molecular complexity index is 1480. The van der Waals surface area contributed by atoms with Crippen molar-refractivity contribution in [3.05, 3.63) is 99.1 Å². The molecule has 2 amide bonds. The van der Waals surface area contributed by atoms with Crippen LogP contribution < -0.4 is 9.47 Å². The number of hydrogen-bond acceptors (Lipinski definition) is 10. The molecule has 1 heterocycles. The van der Waals surface area contributed by atoms with Crippen molar-refractivity contribution in [2.24, 2.45) is 0 Å². The molecule has 1 aliphatic rings. The van der Waals surface area contributed by atoms with Crippen molar-refractivity contribution in [2.75, 3.05) is 20.3 Å². The number of nitro groups is 1. The Kier molecular flexibility index (Phi) is 7.24. The van der Waals surface area contributed by atoms with Gasteiger partial charge in [-0.05, 0) is 48.5 Å². The van der Waals surface area contributed by atoms with Crippen LogP contribution in [0.4, 0.5) is 5.69 Å². The van der Waals surface area contributed by atoms with Crippen molar-refractivity contribution in [3.63, 3.8) is 0 Å². The third-order valence-corrected chi connectivity index (χ3v) is 5.52. The normalized spacial score (nSPS) is 12.1. The lowest BCUT2D eigenvalue weighted by molar-refractivity contribution is -0.385. The number of nitrogens with zero attached hydrogens (tertiary/aromatic N) is 2. The highest BCUT2D eigenvalue weighted by Crippen LogP contribution is 2.30. The molecule has 0 atom stereocenters. The van der Waals surface area contributed by atoms with Crippen LogP contribution in [0.25, 0.3) is 0 Å². The summed E-state index contributed by atoms with van der Waals surface area (Å²) in [5, 5.41) is 11.2. The summed E-state index contributed by atoms with van der Waals surface area (Å²) in [4.78, 5) is 72.9. The Morgan fingerprint density at radius 3 is 2.29 bits per heavy atom. The number of esters is 2. The van der Waals surface area contributed by atoms with Crippen LogP contribution in [-0.4, -0.2) is 59.6 Å². The molecule has 4 rings (SSSR count). The number of fused-ring (bicyclic) bond motifs is 1. The summed E-state index contributed by atoms with van der Waals surface area (Å²) in [5.41, 5.74) is -0.734. The van der Waals surface area contributed by atoms with Gasteiger partial charge in [-0.3, -0.25) is 34.2 Å². The molecule has 0 saturated heterocycles. The minimum absolute atomic E-state index is 0.148. The van der Waals surface area contributed by atoms with E-state index in [1.807, 2.05) is 0 Å². The number of carbonyl (C=O) groups is 5. The number of ketones is 1. The second-order valence-electron chi connectivity index (χ2n) is 7.88. The van der Waals surface area contributed by atoms with Gasteiger partial charge in [0.2, 0.25) is 0 Å². The van der Waals surface area contributed by atoms with Gasteiger partial charge in [-0.1, -0.05) is 12.1 Å². The van der Waals surface area contributed by atoms with Crippen molar-refractivity contribution in [2.45, 2.75) is 0 Å². The van der Waals surface area contributed by atoms with Gasteiger partial charge in [0.15, 0.2) is 12.4 Å². The average Bonchev–Trinajstić information content (AvgIpc) is 3.16. The highest BCUT2D eigenvalue weighted by atomic mass is 16.6. The van der Waals surface area contributed by atoms with Crippen molar-refractivity contribution in [3.8, 4) is 11.5 Å². The summed E-state index contributed by atoms with van der Waals surface area (Å²) in [7, 11) is 1.47. The monoisotopic (exact) mass is 518 g/mol. The lowest BCUT2D eigenvalue weighted by Gasteiger charge is -2.12. The molecule has 0 spiro atoms. The molecule has 12 heteroatoms. The molecule has 0 aromatic heterocycles. The second-order valence-corrected chi connectivity index (χ2v) is 7.88. The molecule has 38 heavy (non-hydrogen) atoms. The van der Waals surface area contributed by atoms with E-state index < -0.39 is 58.9 Å². The van der Waals surface area contributed by atoms with Crippen LogP contribution in [-0.2, 0) is 9.53 Å². The summed E-state index contributed by atoms with van der Waals surface area (Å²) < 4.78 is 15.2. The van der Waals surface area contributed by atoms with Gasteiger partial charge in [-0.2, -0.15) is 0 Å². The van der Waals surface area contributed by atoms with E-state index in [1.54, 1.807) is 18.2 Å². The van der Waals surface area contributed by atoms with Gasteiger partial charge < -0.3 is 14.2 Å². The number of rotatable bonds is 9. The maximum atomic E-state index is 12.5. The smallest absolute Gasteiger partial charge is 0.343 e.